The molecule has 0 aliphatic heterocycles. The first-order valence-electron chi connectivity index (χ1n) is 5.21. The quantitative estimate of drug-likeness (QED) is 0.787. The molecule has 0 radical (unpaired) electrons. The molecule has 0 aromatic carbocycles. The molecular weight excluding hydrogens is 244 g/mol. The molecule has 0 aliphatic rings. The Hall–Kier alpha value is -0.460. The zero-order valence-electron chi connectivity index (χ0n) is 9.86. The fourth-order valence-corrected chi connectivity index (χ4v) is 2.54. The normalized spacial score (nSPS) is 12.2. The maximum Gasteiger partial charge on any atom is 0.148 e. The molecule has 1 aromatic heterocycles. The number of nitrogens with zero attached hydrogens (tertiary/aromatic N) is 1. The van der Waals surface area contributed by atoms with Crippen molar-refractivity contribution in [3.63, 3.8) is 0 Å². The first-order chi connectivity index (χ1) is 7.38. The molecule has 0 fully saturated rings. The van der Waals surface area contributed by atoms with E-state index in [1.54, 1.807) is 11.3 Å². The van der Waals surface area contributed by atoms with Crippen LogP contribution in [0.2, 0.25) is 0 Å². The van der Waals surface area contributed by atoms with Crippen LogP contribution in [0.25, 0.3) is 0 Å². The van der Waals surface area contributed by atoms with Crippen molar-refractivity contribution < 1.29 is 8.42 Å². The van der Waals surface area contributed by atoms with Crippen LogP contribution in [0, 0.1) is 0 Å². The van der Waals surface area contributed by atoms with Crippen LogP contribution in [0.4, 0.5) is 0 Å². The lowest BCUT2D eigenvalue weighted by Gasteiger charge is -2.01. The minimum absolute atomic E-state index is 0.183. The number of aromatic nitrogens is 1. The summed E-state index contributed by atoms with van der Waals surface area (Å²) in [6, 6.07) is 0. The van der Waals surface area contributed by atoms with Crippen molar-refractivity contribution >= 4 is 21.2 Å². The number of rotatable bonds is 6. The zero-order valence-corrected chi connectivity index (χ0v) is 11.5. The number of thiazole rings is 1. The third-order valence-electron chi connectivity index (χ3n) is 2.01. The van der Waals surface area contributed by atoms with Gasteiger partial charge in [0.25, 0.3) is 0 Å². The summed E-state index contributed by atoms with van der Waals surface area (Å²) in [5.74, 6) is 0.637. The predicted octanol–water partition coefficient (Wildman–Crippen LogP) is 1.40. The monoisotopic (exact) mass is 262 g/mol. The Balaban J connectivity index is 2.32. The molecule has 1 heterocycles. The molecule has 0 aliphatic carbocycles. The number of sulfone groups is 1. The Kier molecular flexibility index (Phi) is 4.89. The first-order valence-corrected chi connectivity index (χ1v) is 8.09. The Morgan fingerprint density at radius 1 is 1.50 bits per heavy atom. The van der Waals surface area contributed by atoms with Crippen molar-refractivity contribution in [2.24, 2.45) is 0 Å². The summed E-state index contributed by atoms with van der Waals surface area (Å²) in [5, 5.41) is 4.23. The smallest absolute Gasteiger partial charge is 0.148 e. The third kappa shape index (κ3) is 5.05. The SMILES string of the molecule is CC(C)c1ncc(CNCCS(C)(=O)=O)s1. The van der Waals surface area contributed by atoms with E-state index < -0.39 is 9.84 Å². The minimum Gasteiger partial charge on any atom is -0.311 e. The van der Waals surface area contributed by atoms with Crippen molar-refractivity contribution in [2.45, 2.75) is 26.3 Å². The van der Waals surface area contributed by atoms with E-state index in [1.807, 2.05) is 6.20 Å². The Labute approximate surface area is 101 Å². The average Bonchev–Trinajstić information content (AvgIpc) is 2.59. The molecule has 1 aromatic rings. The van der Waals surface area contributed by atoms with E-state index in [0.29, 0.717) is 19.0 Å². The van der Waals surface area contributed by atoms with Crippen LogP contribution in [0.3, 0.4) is 0 Å². The van der Waals surface area contributed by atoms with Crippen LogP contribution in [-0.2, 0) is 16.4 Å². The molecule has 0 spiro atoms. The van der Waals surface area contributed by atoms with Gasteiger partial charge in [-0.05, 0) is 0 Å². The predicted molar refractivity (Wildman–Crippen MR) is 67.6 cm³/mol. The van der Waals surface area contributed by atoms with Crippen molar-refractivity contribution in [1.29, 1.82) is 0 Å². The Morgan fingerprint density at radius 3 is 2.69 bits per heavy atom. The second kappa shape index (κ2) is 5.75. The van der Waals surface area contributed by atoms with Gasteiger partial charge >= 0.3 is 0 Å². The summed E-state index contributed by atoms with van der Waals surface area (Å²) < 4.78 is 21.8. The van der Waals surface area contributed by atoms with Gasteiger partial charge in [-0.1, -0.05) is 13.8 Å². The highest BCUT2D eigenvalue weighted by atomic mass is 32.2. The third-order valence-corrected chi connectivity index (χ3v) is 4.26. The lowest BCUT2D eigenvalue weighted by molar-refractivity contribution is 0.596. The molecule has 0 saturated carbocycles. The maximum absolute atomic E-state index is 10.9. The summed E-state index contributed by atoms with van der Waals surface area (Å²) in [6.45, 7) is 5.41. The van der Waals surface area contributed by atoms with Crippen molar-refractivity contribution in [3.05, 3.63) is 16.1 Å². The zero-order chi connectivity index (χ0) is 12.2. The van der Waals surface area contributed by atoms with Crippen LogP contribution >= 0.6 is 11.3 Å². The topological polar surface area (TPSA) is 59.1 Å². The van der Waals surface area contributed by atoms with Gasteiger partial charge in [0.2, 0.25) is 0 Å². The van der Waals surface area contributed by atoms with E-state index in [-0.39, 0.29) is 5.75 Å². The number of hydrogen-bond donors (Lipinski definition) is 1. The summed E-state index contributed by atoms with van der Waals surface area (Å²) in [5.41, 5.74) is 0. The van der Waals surface area contributed by atoms with Crippen molar-refractivity contribution in [3.8, 4) is 0 Å². The highest BCUT2D eigenvalue weighted by molar-refractivity contribution is 7.90. The second-order valence-electron chi connectivity index (χ2n) is 4.13. The van der Waals surface area contributed by atoms with Crippen LogP contribution in [0.1, 0.15) is 29.7 Å². The molecule has 16 heavy (non-hydrogen) atoms. The second-order valence-corrected chi connectivity index (χ2v) is 7.53. The van der Waals surface area contributed by atoms with Crippen molar-refractivity contribution in [1.82, 2.24) is 10.3 Å². The fourth-order valence-electron chi connectivity index (χ4n) is 1.14. The molecule has 0 unspecified atom stereocenters. The van der Waals surface area contributed by atoms with Crippen molar-refractivity contribution in [2.75, 3.05) is 18.6 Å². The Morgan fingerprint density at radius 2 is 2.19 bits per heavy atom. The van der Waals surface area contributed by atoms with E-state index in [4.69, 9.17) is 0 Å². The first kappa shape index (κ1) is 13.6. The molecule has 1 N–H and O–H groups in total. The van der Waals surface area contributed by atoms with Gasteiger partial charge in [-0.15, -0.1) is 11.3 Å². The van der Waals surface area contributed by atoms with Gasteiger partial charge in [0.05, 0.1) is 10.8 Å². The van der Waals surface area contributed by atoms with Gasteiger partial charge in [-0.25, -0.2) is 13.4 Å². The molecule has 1 rings (SSSR count). The average molecular weight is 262 g/mol. The fraction of sp³-hybridized carbons (Fsp3) is 0.700. The Bertz CT molecular complexity index is 424. The summed E-state index contributed by atoms with van der Waals surface area (Å²) in [4.78, 5) is 5.45. The number of nitrogens with one attached hydrogen (secondary N) is 1. The highest BCUT2D eigenvalue weighted by Gasteiger charge is 2.06. The molecule has 0 saturated heterocycles. The van der Waals surface area contributed by atoms with Gasteiger partial charge in [-0.2, -0.15) is 0 Å². The van der Waals surface area contributed by atoms with Gasteiger partial charge in [-0.3, -0.25) is 0 Å². The lowest BCUT2D eigenvalue weighted by atomic mass is 10.2. The molecule has 0 bridgehead atoms. The van der Waals surface area contributed by atoms with E-state index in [1.165, 1.54) is 6.26 Å². The molecule has 6 heteroatoms. The van der Waals surface area contributed by atoms with Crippen LogP contribution in [-0.4, -0.2) is 32.0 Å². The summed E-state index contributed by atoms with van der Waals surface area (Å²) in [7, 11) is -2.86. The maximum atomic E-state index is 10.9. The minimum atomic E-state index is -2.86. The van der Waals surface area contributed by atoms with Crippen LogP contribution < -0.4 is 5.32 Å². The summed E-state index contributed by atoms with van der Waals surface area (Å²) in [6.07, 6.45) is 3.10. The van der Waals surface area contributed by atoms with E-state index in [0.717, 1.165) is 9.88 Å². The van der Waals surface area contributed by atoms with E-state index >= 15 is 0 Å². The molecular formula is C10H18N2O2S2. The van der Waals surface area contributed by atoms with Gasteiger partial charge < -0.3 is 5.32 Å². The standard InChI is InChI=1S/C10H18N2O2S2/c1-8(2)10-12-7-9(15-10)6-11-4-5-16(3,13)14/h7-8,11H,4-6H2,1-3H3. The van der Waals surface area contributed by atoms with Gasteiger partial charge in [0, 0.05) is 36.3 Å². The lowest BCUT2D eigenvalue weighted by Crippen LogP contribution is -2.21. The number of hydrogen-bond acceptors (Lipinski definition) is 5. The van der Waals surface area contributed by atoms with Crippen LogP contribution in [0.15, 0.2) is 6.20 Å². The van der Waals surface area contributed by atoms with Crippen LogP contribution in [0.5, 0.6) is 0 Å². The molecule has 0 atom stereocenters. The molecule has 4 nitrogen and oxygen atoms in total. The van der Waals surface area contributed by atoms with E-state index in [2.05, 4.69) is 24.1 Å². The van der Waals surface area contributed by atoms with Gasteiger partial charge in [0.1, 0.15) is 9.84 Å². The van der Waals surface area contributed by atoms with E-state index in [9.17, 15) is 8.42 Å². The molecule has 0 amide bonds. The molecule has 92 valence electrons. The summed E-state index contributed by atoms with van der Waals surface area (Å²) >= 11 is 1.68. The largest absolute Gasteiger partial charge is 0.311 e. The highest BCUT2D eigenvalue weighted by Crippen LogP contribution is 2.20. The van der Waals surface area contributed by atoms with Gasteiger partial charge in [0.15, 0.2) is 0 Å².